The van der Waals surface area contributed by atoms with Crippen molar-refractivity contribution in [1.82, 2.24) is 4.98 Å². The summed E-state index contributed by atoms with van der Waals surface area (Å²) in [5.41, 5.74) is 5.91. The van der Waals surface area contributed by atoms with E-state index in [-0.39, 0.29) is 0 Å². The van der Waals surface area contributed by atoms with Crippen molar-refractivity contribution in [2.75, 3.05) is 0 Å². The van der Waals surface area contributed by atoms with E-state index in [1.165, 1.54) is 22.3 Å². The van der Waals surface area contributed by atoms with Crippen LogP contribution in [0.1, 0.15) is 5.56 Å². The summed E-state index contributed by atoms with van der Waals surface area (Å²) in [5, 5.41) is 0. The van der Waals surface area contributed by atoms with E-state index in [0.29, 0.717) is 0 Å². The zero-order valence-corrected chi connectivity index (χ0v) is 10.9. The maximum atomic E-state index is 4.42. The Kier molecular flexibility index (Phi) is 3.11. The van der Waals surface area contributed by atoms with Gasteiger partial charge in [0, 0.05) is 11.8 Å². The van der Waals surface area contributed by atoms with E-state index >= 15 is 0 Å². The van der Waals surface area contributed by atoms with Crippen LogP contribution in [0, 0.1) is 6.92 Å². The Labute approximate surface area is 113 Å². The highest BCUT2D eigenvalue weighted by Gasteiger charge is 2.03. The fraction of sp³-hybridized carbons (Fsp3) is 0.0556. The molecule has 0 aliphatic carbocycles. The number of hydrogen-bond donors (Lipinski definition) is 0. The molecular formula is C18H15N. The molecule has 1 aromatic heterocycles. The second-order valence-corrected chi connectivity index (χ2v) is 4.67. The molecule has 0 unspecified atom stereocenters. The summed E-state index contributed by atoms with van der Waals surface area (Å²) >= 11 is 0. The van der Waals surface area contributed by atoms with Gasteiger partial charge in [-0.1, -0.05) is 42.5 Å². The summed E-state index contributed by atoms with van der Waals surface area (Å²) < 4.78 is 0. The van der Waals surface area contributed by atoms with Crippen molar-refractivity contribution >= 4 is 0 Å². The van der Waals surface area contributed by atoms with Crippen molar-refractivity contribution in [3.8, 4) is 22.4 Å². The normalized spacial score (nSPS) is 10.4. The molecule has 0 N–H and O–H groups in total. The Morgan fingerprint density at radius 1 is 0.684 bits per heavy atom. The largest absolute Gasteiger partial charge is 0.256 e. The zero-order chi connectivity index (χ0) is 13.1. The molecule has 2 aromatic carbocycles. The minimum absolute atomic E-state index is 1.02. The summed E-state index contributed by atoms with van der Waals surface area (Å²) in [7, 11) is 0. The molecule has 1 heterocycles. The van der Waals surface area contributed by atoms with Crippen LogP contribution in [0.5, 0.6) is 0 Å². The number of aromatic nitrogens is 1. The predicted molar refractivity (Wildman–Crippen MR) is 79.8 cm³/mol. The topological polar surface area (TPSA) is 12.9 Å². The van der Waals surface area contributed by atoms with Gasteiger partial charge < -0.3 is 0 Å². The standard InChI is InChI=1S/C18H15N/c1-14-11-16(15-7-3-2-4-8-15)13-17(12-14)18-9-5-6-10-19-18/h2-13H,1H3. The smallest absolute Gasteiger partial charge is 0.0702 e. The van der Waals surface area contributed by atoms with Crippen LogP contribution in [0.15, 0.2) is 72.9 Å². The molecule has 0 saturated carbocycles. The molecule has 0 aliphatic heterocycles. The fourth-order valence-corrected chi connectivity index (χ4v) is 2.26. The van der Waals surface area contributed by atoms with Crippen molar-refractivity contribution in [2.24, 2.45) is 0 Å². The Balaban J connectivity index is 2.12. The molecule has 0 atom stereocenters. The van der Waals surface area contributed by atoms with Gasteiger partial charge in [-0.25, -0.2) is 0 Å². The summed E-state index contributed by atoms with van der Waals surface area (Å²) in [4.78, 5) is 4.42. The molecule has 19 heavy (non-hydrogen) atoms. The van der Waals surface area contributed by atoms with Crippen molar-refractivity contribution in [2.45, 2.75) is 6.92 Å². The lowest BCUT2D eigenvalue weighted by atomic mass is 9.99. The maximum absolute atomic E-state index is 4.42. The Bertz CT molecular complexity index is 615. The van der Waals surface area contributed by atoms with Gasteiger partial charge in [0.15, 0.2) is 0 Å². The molecule has 1 nitrogen and oxygen atoms in total. The van der Waals surface area contributed by atoms with Gasteiger partial charge in [-0.3, -0.25) is 4.98 Å². The van der Waals surface area contributed by atoms with E-state index in [0.717, 1.165) is 5.69 Å². The van der Waals surface area contributed by atoms with Gasteiger partial charge in [0.25, 0.3) is 0 Å². The third-order valence-electron chi connectivity index (χ3n) is 3.15. The second kappa shape index (κ2) is 5.07. The lowest BCUT2D eigenvalue weighted by molar-refractivity contribution is 1.32. The first kappa shape index (κ1) is 11.7. The Hall–Kier alpha value is -2.41. The number of aryl methyl sites for hydroxylation is 1. The van der Waals surface area contributed by atoms with E-state index in [4.69, 9.17) is 0 Å². The number of rotatable bonds is 2. The minimum Gasteiger partial charge on any atom is -0.256 e. The SMILES string of the molecule is Cc1cc(-c2ccccc2)cc(-c2ccccn2)c1. The van der Waals surface area contributed by atoms with Crippen LogP contribution in [0.4, 0.5) is 0 Å². The average molecular weight is 245 g/mol. The lowest BCUT2D eigenvalue weighted by Crippen LogP contribution is -1.86. The molecule has 0 fully saturated rings. The molecule has 0 radical (unpaired) electrons. The van der Waals surface area contributed by atoms with Crippen molar-refractivity contribution in [3.05, 3.63) is 78.5 Å². The van der Waals surface area contributed by atoms with Gasteiger partial charge in [-0.05, 0) is 47.9 Å². The van der Waals surface area contributed by atoms with Gasteiger partial charge >= 0.3 is 0 Å². The van der Waals surface area contributed by atoms with Crippen LogP contribution in [0.2, 0.25) is 0 Å². The van der Waals surface area contributed by atoms with E-state index in [1.807, 2.05) is 30.5 Å². The quantitative estimate of drug-likeness (QED) is 0.636. The molecular weight excluding hydrogens is 230 g/mol. The zero-order valence-electron chi connectivity index (χ0n) is 10.9. The predicted octanol–water partition coefficient (Wildman–Crippen LogP) is 4.72. The molecule has 0 aliphatic rings. The lowest BCUT2D eigenvalue weighted by Gasteiger charge is -2.07. The highest BCUT2D eigenvalue weighted by atomic mass is 14.7. The molecule has 0 bridgehead atoms. The third kappa shape index (κ3) is 2.55. The monoisotopic (exact) mass is 245 g/mol. The van der Waals surface area contributed by atoms with Gasteiger partial charge in [0.05, 0.1) is 5.69 Å². The molecule has 1 heteroatoms. The second-order valence-electron chi connectivity index (χ2n) is 4.67. The van der Waals surface area contributed by atoms with Gasteiger partial charge in [0.1, 0.15) is 0 Å². The Morgan fingerprint density at radius 3 is 2.16 bits per heavy atom. The third-order valence-corrected chi connectivity index (χ3v) is 3.15. The molecule has 0 saturated heterocycles. The first-order chi connectivity index (χ1) is 9.33. The summed E-state index contributed by atoms with van der Waals surface area (Å²) in [6.07, 6.45) is 1.83. The Morgan fingerprint density at radius 2 is 1.42 bits per heavy atom. The van der Waals surface area contributed by atoms with Crippen LogP contribution in [-0.2, 0) is 0 Å². The number of hydrogen-bond acceptors (Lipinski definition) is 1. The molecule has 0 spiro atoms. The molecule has 92 valence electrons. The molecule has 3 rings (SSSR count). The molecule has 0 amide bonds. The summed E-state index contributed by atoms with van der Waals surface area (Å²) in [5.74, 6) is 0. The maximum Gasteiger partial charge on any atom is 0.0702 e. The highest BCUT2D eigenvalue weighted by molar-refractivity contribution is 5.72. The number of pyridine rings is 1. The van der Waals surface area contributed by atoms with Gasteiger partial charge in [-0.2, -0.15) is 0 Å². The summed E-state index contributed by atoms with van der Waals surface area (Å²) in [6, 6.07) is 23.0. The van der Waals surface area contributed by atoms with E-state index in [2.05, 4.69) is 54.4 Å². The van der Waals surface area contributed by atoms with Crippen LogP contribution < -0.4 is 0 Å². The summed E-state index contributed by atoms with van der Waals surface area (Å²) in [6.45, 7) is 2.12. The highest BCUT2D eigenvalue weighted by Crippen LogP contribution is 2.26. The average Bonchev–Trinajstić information content (AvgIpc) is 2.48. The van der Waals surface area contributed by atoms with Crippen LogP contribution in [0.25, 0.3) is 22.4 Å². The molecule has 3 aromatic rings. The van der Waals surface area contributed by atoms with E-state index in [9.17, 15) is 0 Å². The van der Waals surface area contributed by atoms with Crippen LogP contribution in [-0.4, -0.2) is 4.98 Å². The number of benzene rings is 2. The first-order valence-electron chi connectivity index (χ1n) is 6.41. The fourth-order valence-electron chi connectivity index (χ4n) is 2.26. The van der Waals surface area contributed by atoms with Crippen LogP contribution in [0.3, 0.4) is 0 Å². The first-order valence-corrected chi connectivity index (χ1v) is 6.41. The van der Waals surface area contributed by atoms with E-state index < -0.39 is 0 Å². The van der Waals surface area contributed by atoms with Crippen molar-refractivity contribution in [1.29, 1.82) is 0 Å². The number of nitrogens with zero attached hydrogens (tertiary/aromatic N) is 1. The van der Waals surface area contributed by atoms with Gasteiger partial charge in [-0.15, -0.1) is 0 Å². The van der Waals surface area contributed by atoms with Crippen LogP contribution >= 0.6 is 0 Å². The van der Waals surface area contributed by atoms with Crippen molar-refractivity contribution in [3.63, 3.8) is 0 Å². The van der Waals surface area contributed by atoms with Crippen molar-refractivity contribution < 1.29 is 0 Å². The van der Waals surface area contributed by atoms with E-state index in [1.54, 1.807) is 0 Å². The van der Waals surface area contributed by atoms with Gasteiger partial charge in [0.2, 0.25) is 0 Å². The minimum atomic E-state index is 1.02.